The molecule has 13 nitrogen and oxygen atoms in total. The third kappa shape index (κ3) is 4.22. The molecule has 5 aliphatic rings. The van der Waals surface area contributed by atoms with Crippen LogP contribution >= 0.6 is 0 Å². The van der Waals surface area contributed by atoms with Crippen LogP contribution in [0.5, 0.6) is 0 Å². The average Bonchev–Trinajstić information content (AvgIpc) is 3.23. The molecule has 0 radical (unpaired) electrons. The van der Waals surface area contributed by atoms with Gasteiger partial charge < -0.3 is 44.4 Å². The zero-order chi connectivity index (χ0) is 31.9. The minimum absolute atomic E-state index is 0.0431. The Kier molecular flexibility index (Phi) is 7.44. The first kappa shape index (κ1) is 31.3. The van der Waals surface area contributed by atoms with Crippen molar-refractivity contribution in [3.63, 3.8) is 0 Å². The second-order valence-electron chi connectivity index (χ2n) is 13.4. The minimum Gasteiger partial charge on any atom is -0.488 e. The van der Waals surface area contributed by atoms with E-state index in [9.17, 15) is 34.2 Å². The number of aliphatic hydroxyl groups is 2. The molecule has 0 aromatic carbocycles. The van der Waals surface area contributed by atoms with Crippen LogP contribution in [0.15, 0.2) is 23.0 Å². The monoisotopic (exact) mass is 605 g/mol. The molecule has 3 aliphatic carbocycles. The molecular formula is C30H39NO12. The molecule has 0 aromatic heterocycles. The fraction of sp³-hybridized carbons (Fsp3) is 0.700. The molecule has 2 aliphatic heterocycles. The highest BCUT2D eigenvalue weighted by molar-refractivity contribution is 5.96. The van der Waals surface area contributed by atoms with E-state index >= 15 is 0 Å². The summed E-state index contributed by atoms with van der Waals surface area (Å²) in [6, 6.07) is 0. The predicted octanol–water partition coefficient (Wildman–Crippen LogP) is -0.108. The van der Waals surface area contributed by atoms with E-state index in [4.69, 9.17) is 29.4 Å². The van der Waals surface area contributed by atoms with Crippen molar-refractivity contribution < 1.29 is 57.9 Å². The predicted molar refractivity (Wildman–Crippen MR) is 144 cm³/mol. The van der Waals surface area contributed by atoms with Gasteiger partial charge in [-0.15, -0.1) is 0 Å². The smallest absolute Gasteiger partial charge is 0.348 e. The van der Waals surface area contributed by atoms with Gasteiger partial charge in [0.15, 0.2) is 11.5 Å². The number of hydrogen-bond donors (Lipinski definition) is 3. The normalized spacial score (nSPS) is 42.5. The summed E-state index contributed by atoms with van der Waals surface area (Å²) < 4.78 is 28.5. The van der Waals surface area contributed by atoms with Gasteiger partial charge in [-0.25, -0.2) is 14.4 Å². The Hall–Kier alpha value is -3.13. The van der Waals surface area contributed by atoms with Crippen molar-refractivity contribution in [2.24, 2.45) is 34.3 Å². The van der Waals surface area contributed by atoms with Crippen molar-refractivity contribution in [2.45, 2.75) is 83.0 Å². The molecule has 4 fully saturated rings. The summed E-state index contributed by atoms with van der Waals surface area (Å²) in [7, 11) is 1.09. The van der Waals surface area contributed by atoms with Gasteiger partial charge in [0.05, 0.1) is 25.7 Å². The SMILES string of the molecule is COC(=O)[C@@]12OC[C@]34C([C@@H](O)[C@@H]1O)[C@@]1(C)CC(=O)C(OC[C@](C)(N)C=O)=C(C)[C@@H]1C[C@H]3OC(=O)[C@H](OC(=O)C=C(C)C)[C@@H]24. The van der Waals surface area contributed by atoms with Gasteiger partial charge in [-0.3, -0.25) is 4.79 Å². The van der Waals surface area contributed by atoms with Gasteiger partial charge in [0.2, 0.25) is 11.7 Å². The van der Waals surface area contributed by atoms with E-state index in [1.165, 1.54) is 13.0 Å². The number of aldehydes is 1. The topological polar surface area (TPSA) is 198 Å². The van der Waals surface area contributed by atoms with Crippen LogP contribution in [-0.2, 0) is 47.7 Å². The fourth-order valence-corrected chi connectivity index (χ4v) is 8.70. The second kappa shape index (κ2) is 10.2. The quantitative estimate of drug-likeness (QED) is 0.151. The number of hydrogen-bond acceptors (Lipinski definition) is 13. The fourth-order valence-electron chi connectivity index (χ4n) is 8.70. The summed E-state index contributed by atoms with van der Waals surface area (Å²) in [6.07, 6.45) is -4.42. The molecule has 43 heavy (non-hydrogen) atoms. The van der Waals surface area contributed by atoms with E-state index in [1.807, 2.05) is 0 Å². The zero-order valence-corrected chi connectivity index (χ0v) is 25.1. The molecule has 1 spiro atoms. The largest absolute Gasteiger partial charge is 0.488 e. The molecule has 2 saturated carbocycles. The summed E-state index contributed by atoms with van der Waals surface area (Å²) in [6.45, 7) is 7.81. The lowest BCUT2D eigenvalue weighted by atomic mass is 9.38. The van der Waals surface area contributed by atoms with Crippen LogP contribution in [-0.4, -0.2) is 96.1 Å². The van der Waals surface area contributed by atoms with E-state index < -0.39 is 87.8 Å². The Labute approximate surface area is 248 Å². The number of methoxy groups -OCH3 is 1. The van der Waals surface area contributed by atoms with Crippen molar-refractivity contribution in [3.8, 4) is 0 Å². The minimum atomic E-state index is -2.25. The van der Waals surface area contributed by atoms with Gasteiger partial charge in [-0.05, 0) is 51.0 Å². The first-order valence-corrected chi connectivity index (χ1v) is 14.3. The molecule has 236 valence electrons. The lowest BCUT2D eigenvalue weighted by Crippen LogP contribution is -2.79. The summed E-state index contributed by atoms with van der Waals surface area (Å²) in [5.41, 5.74) is 1.05. The van der Waals surface area contributed by atoms with Gasteiger partial charge >= 0.3 is 17.9 Å². The van der Waals surface area contributed by atoms with E-state index in [1.54, 1.807) is 27.7 Å². The first-order chi connectivity index (χ1) is 20.0. The van der Waals surface area contributed by atoms with Crippen molar-refractivity contribution in [3.05, 3.63) is 23.0 Å². The number of aliphatic hydroxyl groups excluding tert-OH is 2. The van der Waals surface area contributed by atoms with Crippen LogP contribution in [0.25, 0.3) is 0 Å². The lowest BCUT2D eigenvalue weighted by molar-refractivity contribution is -0.290. The Bertz CT molecular complexity index is 1330. The highest BCUT2D eigenvalue weighted by Crippen LogP contribution is 2.72. The summed E-state index contributed by atoms with van der Waals surface area (Å²) in [5.74, 6) is -5.92. The van der Waals surface area contributed by atoms with Gasteiger partial charge in [0.1, 0.15) is 30.6 Å². The Morgan fingerprint density at radius 3 is 2.49 bits per heavy atom. The highest BCUT2D eigenvalue weighted by Gasteiger charge is 2.85. The number of nitrogens with two attached hydrogens (primary N) is 1. The Balaban J connectivity index is 1.66. The summed E-state index contributed by atoms with van der Waals surface area (Å²) >= 11 is 0. The molecule has 2 heterocycles. The van der Waals surface area contributed by atoms with E-state index in [2.05, 4.69) is 0 Å². The van der Waals surface area contributed by atoms with Crippen molar-refractivity contribution in [1.29, 1.82) is 0 Å². The van der Waals surface area contributed by atoms with Gasteiger partial charge in [0, 0.05) is 23.8 Å². The maximum Gasteiger partial charge on any atom is 0.348 e. The molecule has 2 saturated heterocycles. The molecule has 4 N–H and O–H groups in total. The number of carbonyl (C=O) groups is 5. The molecule has 11 atom stereocenters. The van der Waals surface area contributed by atoms with Crippen LogP contribution < -0.4 is 5.73 Å². The molecule has 5 rings (SSSR count). The van der Waals surface area contributed by atoms with Crippen LogP contribution in [0.2, 0.25) is 0 Å². The highest BCUT2D eigenvalue weighted by atomic mass is 16.6. The number of rotatable bonds is 7. The standard InChI is InChI=1S/C30H39NO12/c1-13(2)7-18(34)43-21-23-29-12-41-30(23,26(38)39-6)24(36)19(35)22(29)28(5)9-16(33)20(40-11-27(4,31)10-32)14(3)15(28)8-17(29)42-25(21)37/h7,10,15,17,19,21-24,35-36H,8-9,11-12,31H2,1-6H3/t15-,17+,19+,21+,22?,23+,24-,27+,28-,29+,30-/m0/s1. The first-order valence-electron chi connectivity index (χ1n) is 14.3. The molecule has 2 bridgehead atoms. The summed E-state index contributed by atoms with van der Waals surface area (Å²) in [4.78, 5) is 64.8. The third-order valence-corrected chi connectivity index (χ3v) is 10.3. The van der Waals surface area contributed by atoms with Gasteiger partial charge in [-0.2, -0.15) is 0 Å². The Morgan fingerprint density at radius 2 is 1.88 bits per heavy atom. The van der Waals surface area contributed by atoms with Crippen molar-refractivity contribution >= 4 is 30.0 Å². The zero-order valence-electron chi connectivity index (χ0n) is 25.1. The number of fused-ring (bicyclic) bond motifs is 2. The number of allylic oxidation sites excluding steroid dienone is 3. The molecular weight excluding hydrogens is 566 g/mol. The van der Waals surface area contributed by atoms with E-state index in [0.29, 0.717) is 17.4 Å². The Morgan fingerprint density at radius 1 is 1.21 bits per heavy atom. The van der Waals surface area contributed by atoms with Crippen LogP contribution in [0, 0.1) is 28.6 Å². The third-order valence-electron chi connectivity index (χ3n) is 10.3. The van der Waals surface area contributed by atoms with E-state index in [-0.39, 0.29) is 31.8 Å². The number of ether oxygens (including phenoxy) is 5. The number of ketones is 1. The molecule has 0 aromatic rings. The molecule has 13 heteroatoms. The van der Waals surface area contributed by atoms with Crippen LogP contribution in [0.1, 0.15) is 47.5 Å². The maximum absolute atomic E-state index is 13.6. The maximum atomic E-state index is 13.6. The van der Waals surface area contributed by atoms with Crippen LogP contribution in [0.3, 0.4) is 0 Å². The number of Topliss-reactive ketones (excluding diaryl/α,β-unsaturated/α-hetero) is 1. The molecule has 0 amide bonds. The average molecular weight is 606 g/mol. The lowest BCUT2D eigenvalue weighted by Gasteiger charge is -2.67. The van der Waals surface area contributed by atoms with Crippen molar-refractivity contribution in [1.82, 2.24) is 0 Å². The molecule has 1 unspecified atom stereocenters. The van der Waals surface area contributed by atoms with Crippen molar-refractivity contribution in [2.75, 3.05) is 20.3 Å². The van der Waals surface area contributed by atoms with Gasteiger partial charge in [-0.1, -0.05) is 12.5 Å². The number of esters is 3. The summed E-state index contributed by atoms with van der Waals surface area (Å²) in [5, 5.41) is 23.5. The van der Waals surface area contributed by atoms with Gasteiger partial charge in [0.25, 0.3) is 0 Å². The van der Waals surface area contributed by atoms with Crippen LogP contribution in [0.4, 0.5) is 0 Å². The number of carbonyl (C=O) groups excluding carboxylic acids is 5. The van der Waals surface area contributed by atoms with E-state index in [0.717, 1.165) is 7.11 Å². The second-order valence-corrected chi connectivity index (χ2v) is 13.4.